The molecule has 1 aromatic heterocycles. The molecular formula is C11H11N5O3S. The van der Waals surface area contributed by atoms with Crippen LogP contribution < -0.4 is 0 Å². The zero-order valence-corrected chi connectivity index (χ0v) is 11.4. The van der Waals surface area contributed by atoms with Gasteiger partial charge in [-0.15, -0.1) is 15.0 Å². The minimum atomic E-state index is -3.47. The van der Waals surface area contributed by atoms with E-state index in [0.717, 1.165) is 6.26 Å². The van der Waals surface area contributed by atoms with Crippen LogP contribution in [0.1, 0.15) is 11.4 Å². The van der Waals surface area contributed by atoms with Gasteiger partial charge in [0.05, 0.1) is 30.2 Å². The van der Waals surface area contributed by atoms with Crippen LogP contribution in [0, 0.1) is 11.3 Å². The molecule has 0 aliphatic rings. The Bertz CT molecular complexity index is 747. The molecule has 0 aliphatic heterocycles. The van der Waals surface area contributed by atoms with Gasteiger partial charge in [-0.1, -0.05) is 6.07 Å². The molecule has 0 unspecified atom stereocenters. The molecule has 0 aliphatic carbocycles. The Morgan fingerprint density at radius 3 is 2.95 bits per heavy atom. The summed E-state index contributed by atoms with van der Waals surface area (Å²) in [5, 5.41) is 20.5. The minimum absolute atomic E-state index is 0.0389. The third-order valence-electron chi connectivity index (χ3n) is 2.28. The zero-order chi connectivity index (χ0) is 14.6. The van der Waals surface area contributed by atoms with E-state index >= 15 is 0 Å². The summed E-state index contributed by atoms with van der Waals surface area (Å²) >= 11 is 0. The highest BCUT2D eigenvalue weighted by molar-refractivity contribution is 7.85. The topological polar surface area (TPSA) is 111 Å². The predicted octanol–water partition coefficient (Wildman–Crippen LogP) is 0.0527. The molecule has 0 saturated carbocycles. The second-order valence-corrected chi connectivity index (χ2v) is 5.58. The van der Waals surface area contributed by atoms with Gasteiger partial charge < -0.3 is 0 Å². The maximum atomic E-state index is 10.8. The van der Waals surface area contributed by atoms with Gasteiger partial charge in [0.25, 0.3) is 10.1 Å². The lowest BCUT2D eigenvalue weighted by Gasteiger charge is -1.98. The SMILES string of the molecule is CS(=O)(=O)OCCc1nnn(-c2cccc(C#N)c2)n1. The van der Waals surface area contributed by atoms with E-state index in [1.165, 1.54) is 4.80 Å². The number of hydrogen-bond donors (Lipinski definition) is 0. The van der Waals surface area contributed by atoms with E-state index in [2.05, 4.69) is 19.6 Å². The molecule has 2 aromatic rings. The molecule has 9 heteroatoms. The summed E-state index contributed by atoms with van der Waals surface area (Å²) in [6.45, 7) is -0.0389. The Balaban J connectivity index is 2.07. The number of aromatic nitrogens is 4. The maximum Gasteiger partial charge on any atom is 0.264 e. The van der Waals surface area contributed by atoms with Crippen LogP contribution in [0.15, 0.2) is 24.3 Å². The summed E-state index contributed by atoms with van der Waals surface area (Å²) in [6.07, 6.45) is 1.20. The van der Waals surface area contributed by atoms with Crippen LogP contribution in [0.5, 0.6) is 0 Å². The number of hydrogen-bond acceptors (Lipinski definition) is 7. The fraction of sp³-hybridized carbons (Fsp3) is 0.273. The molecule has 0 atom stereocenters. The van der Waals surface area contributed by atoms with Crippen LogP contribution in [-0.2, 0) is 20.7 Å². The van der Waals surface area contributed by atoms with Crippen molar-refractivity contribution in [2.45, 2.75) is 6.42 Å². The second kappa shape index (κ2) is 5.77. The summed E-state index contributed by atoms with van der Waals surface area (Å²) in [5.74, 6) is 0.357. The first kappa shape index (κ1) is 14.1. The first-order valence-electron chi connectivity index (χ1n) is 5.62. The number of rotatable bonds is 5. The van der Waals surface area contributed by atoms with Gasteiger partial charge in [-0.2, -0.15) is 13.7 Å². The van der Waals surface area contributed by atoms with E-state index in [4.69, 9.17) is 5.26 Å². The molecule has 0 radical (unpaired) electrons. The van der Waals surface area contributed by atoms with Crippen molar-refractivity contribution in [3.05, 3.63) is 35.7 Å². The average Bonchev–Trinajstić information content (AvgIpc) is 2.86. The molecule has 0 bridgehead atoms. The van der Waals surface area contributed by atoms with Gasteiger partial charge in [-0.05, 0) is 23.4 Å². The number of nitriles is 1. The van der Waals surface area contributed by atoms with Crippen molar-refractivity contribution in [2.75, 3.05) is 12.9 Å². The van der Waals surface area contributed by atoms with Crippen molar-refractivity contribution >= 4 is 10.1 Å². The molecule has 0 amide bonds. The van der Waals surface area contributed by atoms with Crippen LogP contribution >= 0.6 is 0 Å². The molecule has 1 heterocycles. The van der Waals surface area contributed by atoms with E-state index in [-0.39, 0.29) is 13.0 Å². The maximum absolute atomic E-state index is 10.8. The molecule has 104 valence electrons. The Kier molecular flexibility index (Phi) is 4.07. The van der Waals surface area contributed by atoms with Crippen LogP contribution in [0.25, 0.3) is 5.69 Å². The van der Waals surface area contributed by atoms with Crippen LogP contribution in [0.4, 0.5) is 0 Å². The third kappa shape index (κ3) is 3.84. The molecule has 0 saturated heterocycles. The van der Waals surface area contributed by atoms with Gasteiger partial charge in [0.2, 0.25) is 0 Å². The summed E-state index contributed by atoms with van der Waals surface area (Å²) < 4.78 is 26.2. The molecule has 0 N–H and O–H groups in total. The highest BCUT2D eigenvalue weighted by Crippen LogP contribution is 2.07. The Hall–Kier alpha value is -2.31. The number of nitrogens with zero attached hydrogens (tertiary/aromatic N) is 5. The smallest absolute Gasteiger partial charge is 0.264 e. The highest BCUT2D eigenvalue weighted by atomic mass is 32.2. The van der Waals surface area contributed by atoms with Gasteiger partial charge in [-0.25, -0.2) is 0 Å². The molecule has 1 aromatic carbocycles. The summed E-state index contributed by atoms with van der Waals surface area (Å²) in [4.78, 5) is 1.27. The van der Waals surface area contributed by atoms with Crippen molar-refractivity contribution in [3.63, 3.8) is 0 Å². The molecule has 0 spiro atoms. The fourth-order valence-corrected chi connectivity index (χ4v) is 1.82. The zero-order valence-electron chi connectivity index (χ0n) is 10.6. The third-order valence-corrected chi connectivity index (χ3v) is 2.88. The lowest BCUT2D eigenvalue weighted by molar-refractivity contribution is 0.323. The summed E-state index contributed by atoms with van der Waals surface area (Å²) in [5.41, 5.74) is 1.09. The fourth-order valence-electron chi connectivity index (χ4n) is 1.44. The Morgan fingerprint density at radius 1 is 1.45 bits per heavy atom. The van der Waals surface area contributed by atoms with Gasteiger partial charge in [0, 0.05) is 6.42 Å². The lowest BCUT2D eigenvalue weighted by atomic mass is 10.2. The molecule has 8 nitrogen and oxygen atoms in total. The van der Waals surface area contributed by atoms with Crippen LogP contribution in [0.2, 0.25) is 0 Å². The number of tetrazole rings is 1. The van der Waals surface area contributed by atoms with Gasteiger partial charge in [0.1, 0.15) is 0 Å². The van der Waals surface area contributed by atoms with Crippen LogP contribution in [-0.4, -0.2) is 41.5 Å². The van der Waals surface area contributed by atoms with Crippen molar-refractivity contribution in [2.24, 2.45) is 0 Å². The van der Waals surface area contributed by atoms with Gasteiger partial charge >= 0.3 is 0 Å². The Labute approximate surface area is 115 Å². The van der Waals surface area contributed by atoms with Crippen molar-refractivity contribution in [1.82, 2.24) is 20.2 Å². The van der Waals surface area contributed by atoms with Crippen molar-refractivity contribution < 1.29 is 12.6 Å². The quantitative estimate of drug-likeness (QED) is 0.716. The van der Waals surface area contributed by atoms with E-state index < -0.39 is 10.1 Å². The first-order valence-corrected chi connectivity index (χ1v) is 7.43. The normalized spacial score (nSPS) is 11.2. The largest absolute Gasteiger partial charge is 0.270 e. The molecular weight excluding hydrogens is 282 g/mol. The molecule has 2 rings (SSSR count). The number of benzene rings is 1. The van der Waals surface area contributed by atoms with Crippen LogP contribution in [0.3, 0.4) is 0 Å². The monoisotopic (exact) mass is 293 g/mol. The van der Waals surface area contributed by atoms with E-state index in [1.807, 2.05) is 6.07 Å². The minimum Gasteiger partial charge on any atom is -0.270 e. The second-order valence-electron chi connectivity index (χ2n) is 3.93. The van der Waals surface area contributed by atoms with E-state index in [9.17, 15) is 8.42 Å². The summed E-state index contributed by atoms with van der Waals surface area (Å²) in [7, 11) is -3.47. The van der Waals surface area contributed by atoms with Crippen molar-refractivity contribution in [1.29, 1.82) is 5.26 Å². The average molecular weight is 293 g/mol. The predicted molar refractivity (Wildman–Crippen MR) is 68.4 cm³/mol. The highest BCUT2D eigenvalue weighted by Gasteiger charge is 2.07. The van der Waals surface area contributed by atoms with E-state index in [1.54, 1.807) is 24.3 Å². The lowest BCUT2D eigenvalue weighted by Crippen LogP contribution is -2.07. The summed E-state index contributed by atoms with van der Waals surface area (Å²) in [6, 6.07) is 8.76. The Morgan fingerprint density at radius 2 is 2.25 bits per heavy atom. The standard InChI is InChI=1S/C11H11N5O3S/c1-20(17,18)19-6-5-11-13-15-16(14-11)10-4-2-3-9(7-10)8-12/h2-4,7H,5-6H2,1H3. The first-order chi connectivity index (χ1) is 9.48. The van der Waals surface area contributed by atoms with Gasteiger partial charge in [0.15, 0.2) is 5.82 Å². The van der Waals surface area contributed by atoms with Gasteiger partial charge in [-0.3, -0.25) is 4.18 Å². The van der Waals surface area contributed by atoms with Crippen molar-refractivity contribution in [3.8, 4) is 11.8 Å². The molecule has 20 heavy (non-hydrogen) atoms. The molecule has 0 fully saturated rings. The van der Waals surface area contributed by atoms with E-state index in [0.29, 0.717) is 17.1 Å².